The van der Waals surface area contributed by atoms with E-state index in [1.54, 1.807) is 0 Å². The number of rotatable bonds is 5. The van der Waals surface area contributed by atoms with Gasteiger partial charge in [0, 0.05) is 35.7 Å². The first kappa shape index (κ1) is 14.0. The third kappa shape index (κ3) is 4.76. The van der Waals surface area contributed by atoms with Crippen molar-refractivity contribution in [3.8, 4) is 6.07 Å². The Kier molecular flexibility index (Phi) is 5.46. The van der Waals surface area contributed by atoms with Gasteiger partial charge in [-0.15, -0.1) is 0 Å². The molecule has 0 aliphatic rings. The molecule has 0 aliphatic heterocycles. The van der Waals surface area contributed by atoms with Crippen molar-refractivity contribution < 1.29 is 0 Å². The Morgan fingerprint density at radius 3 is 2.65 bits per heavy atom. The quantitative estimate of drug-likeness (QED) is 0.849. The van der Waals surface area contributed by atoms with Crippen LogP contribution in [-0.4, -0.2) is 17.5 Å². The van der Waals surface area contributed by atoms with Crippen LogP contribution >= 0.6 is 15.9 Å². The summed E-state index contributed by atoms with van der Waals surface area (Å²) in [5.41, 5.74) is 7.74. The maximum absolute atomic E-state index is 8.65. The highest BCUT2D eigenvalue weighted by Crippen LogP contribution is 2.19. The minimum atomic E-state index is 0.420. The van der Waals surface area contributed by atoms with Crippen molar-refractivity contribution in [2.75, 3.05) is 12.3 Å². The SMILES string of the molecule is CC(C)N(CCC#N)Cc1cc(N)cc(Br)c1. The van der Waals surface area contributed by atoms with Gasteiger partial charge in [-0.05, 0) is 37.6 Å². The van der Waals surface area contributed by atoms with Crippen LogP contribution in [0.3, 0.4) is 0 Å². The summed E-state index contributed by atoms with van der Waals surface area (Å²) < 4.78 is 0.997. The lowest BCUT2D eigenvalue weighted by Crippen LogP contribution is -2.31. The zero-order chi connectivity index (χ0) is 12.8. The molecule has 0 aliphatic carbocycles. The summed E-state index contributed by atoms with van der Waals surface area (Å²) in [5.74, 6) is 0. The van der Waals surface area contributed by atoms with E-state index < -0.39 is 0 Å². The highest BCUT2D eigenvalue weighted by atomic mass is 79.9. The predicted octanol–water partition coefficient (Wildman–Crippen LogP) is 3.16. The van der Waals surface area contributed by atoms with Gasteiger partial charge >= 0.3 is 0 Å². The Morgan fingerprint density at radius 2 is 2.12 bits per heavy atom. The topological polar surface area (TPSA) is 53.0 Å². The lowest BCUT2D eigenvalue weighted by atomic mass is 10.1. The molecule has 3 nitrogen and oxygen atoms in total. The number of halogens is 1. The number of nitrogens with two attached hydrogens (primary N) is 1. The molecule has 0 bridgehead atoms. The van der Waals surface area contributed by atoms with Crippen molar-refractivity contribution in [2.24, 2.45) is 0 Å². The summed E-state index contributed by atoms with van der Waals surface area (Å²) in [6.07, 6.45) is 0.557. The van der Waals surface area contributed by atoms with Crippen LogP contribution in [0.5, 0.6) is 0 Å². The Hall–Kier alpha value is -1.05. The van der Waals surface area contributed by atoms with Crippen LogP contribution in [-0.2, 0) is 6.54 Å². The van der Waals surface area contributed by atoms with E-state index in [0.29, 0.717) is 12.5 Å². The molecule has 0 aromatic heterocycles. The number of nitrogens with zero attached hydrogens (tertiary/aromatic N) is 2. The largest absolute Gasteiger partial charge is 0.399 e. The Morgan fingerprint density at radius 1 is 1.41 bits per heavy atom. The van der Waals surface area contributed by atoms with Gasteiger partial charge in [0.25, 0.3) is 0 Å². The fourth-order valence-electron chi connectivity index (χ4n) is 1.71. The first-order chi connectivity index (χ1) is 8.02. The third-order valence-corrected chi connectivity index (χ3v) is 3.06. The first-order valence-corrected chi connectivity index (χ1v) is 6.48. The van der Waals surface area contributed by atoms with Gasteiger partial charge in [-0.25, -0.2) is 0 Å². The molecular weight excluding hydrogens is 278 g/mol. The number of benzene rings is 1. The van der Waals surface area contributed by atoms with Crippen LogP contribution < -0.4 is 5.73 Å². The van der Waals surface area contributed by atoms with Gasteiger partial charge in [-0.2, -0.15) is 5.26 Å². The number of anilines is 1. The molecule has 92 valence electrons. The van der Waals surface area contributed by atoms with E-state index in [-0.39, 0.29) is 0 Å². The van der Waals surface area contributed by atoms with Crippen molar-refractivity contribution in [1.82, 2.24) is 4.90 Å². The first-order valence-electron chi connectivity index (χ1n) is 5.69. The molecule has 0 heterocycles. The van der Waals surface area contributed by atoms with Crippen molar-refractivity contribution >= 4 is 21.6 Å². The van der Waals surface area contributed by atoms with E-state index in [2.05, 4.69) is 46.8 Å². The smallest absolute Gasteiger partial charge is 0.0635 e. The molecule has 1 aromatic rings. The van der Waals surface area contributed by atoms with Crippen LogP contribution in [0.1, 0.15) is 25.8 Å². The van der Waals surface area contributed by atoms with Crippen molar-refractivity contribution in [3.05, 3.63) is 28.2 Å². The molecule has 0 spiro atoms. The zero-order valence-corrected chi connectivity index (χ0v) is 11.9. The summed E-state index contributed by atoms with van der Waals surface area (Å²) in [5, 5.41) is 8.65. The molecule has 4 heteroatoms. The number of nitrogen functional groups attached to an aromatic ring is 1. The molecule has 1 aromatic carbocycles. The Balaban J connectivity index is 2.75. The summed E-state index contributed by atoms with van der Waals surface area (Å²) in [4.78, 5) is 2.27. The third-order valence-electron chi connectivity index (χ3n) is 2.61. The highest BCUT2D eigenvalue weighted by Gasteiger charge is 2.10. The van der Waals surface area contributed by atoms with Crippen molar-refractivity contribution in [3.63, 3.8) is 0 Å². The molecule has 17 heavy (non-hydrogen) atoms. The second kappa shape index (κ2) is 6.63. The minimum absolute atomic E-state index is 0.420. The molecule has 0 radical (unpaired) electrons. The standard InChI is InChI=1S/C13H18BrN3/c1-10(2)17(5-3-4-15)9-11-6-12(14)8-13(16)7-11/h6-8,10H,3,5,9,16H2,1-2H3. The Labute approximate surface area is 111 Å². The average molecular weight is 296 g/mol. The molecule has 1 rings (SSSR count). The van der Waals surface area contributed by atoms with E-state index in [1.807, 2.05) is 12.1 Å². The van der Waals surface area contributed by atoms with E-state index in [0.717, 1.165) is 23.2 Å². The van der Waals surface area contributed by atoms with Gasteiger partial charge in [-0.1, -0.05) is 15.9 Å². The van der Waals surface area contributed by atoms with Gasteiger partial charge in [0.15, 0.2) is 0 Å². The minimum Gasteiger partial charge on any atom is -0.399 e. The second-order valence-electron chi connectivity index (χ2n) is 4.37. The Bertz CT molecular complexity index is 389. The summed E-state index contributed by atoms with van der Waals surface area (Å²) >= 11 is 3.44. The van der Waals surface area contributed by atoms with Crippen LogP contribution in [0, 0.1) is 11.3 Å². The maximum Gasteiger partial charge on any atom is 0.0635 e. The molecule has 0 amide bonds. The van der Waals surface area contributed by atoms with E-state index in [1.165, 1.54) is 5.56 Å². The lowest BCUT2D eigenvalue weighted by molar-refractivity contribution is 0.218. The van der Waals surface area contributed by atoms with E-state index >= 15 is 0 Å². The van der Waals surface area contributed by atoms with Gasteiger partial charge < -0.3 is 5.73 Å². The molecule has 2 N–H and O–H groups in total. The number of hydrogen-bond donors (Lipinski definition) is 1. The molecule has 0 atom stereocenters. The number of hydrogen-bond acceptors (Lipinski definition) is 3. The molecule has 0 fully saturated rings. The van der Waals surface area contributed by atoms with Crippen molar-refractivity contribution in [2.45, 2.75) is 32.9 Å². The van der Waals surface area contributed by atoms with E-state index in [4.69, 9.17) is 11.0 Å². The van der Waals surface area contributed by atoms with Crippen LogP contribution in [0.15, 0.2) is 22.7 Å². The highest BCUT2D eigenvalue weighted by molar-refractivity contribution is 9.10. The second-order valence-corrected chi connectivity index (χ2v) is 5.28. The predicted molar refractivity (Wildman–Crippen MR) is 74.3 cm³/mol. The van der Waals surface area contributed by atoms with Gasteiger partial charge in [0.05, 0.1) is 6.07 Å². The molecule has 0 saturated carbocycles. The monoisotopic (exact) mass is 295 g/mol. The summed E-state index contributed by atoms with van der Waals surface area (Å²) in [6, 6.07) is 8.54. The summed E-state index contributed by atoms with van der Waals surface area (Å²) in [7, 11) is 0. The van der Waals surface area contributed by atoms with Gasteiger partial charge in [0.2, 0.25) is 0 Å². The van der Waals surface area contributed by atoms with Gasteiger partial charge in [-0.3, -0.25) is 4.90 Å². The van der Waals surface area contributed by atoms with Crippen LogP contribution in [0.4, 0.5) is 5.69 Å². The summed E-state index contributed by atoms with van der Waals surface area (Å²) in [6.45, 7) is 5.89. The fraction of sp³-hybridized carbons (Fsp3) is 0.462. The van der Waals surface area contributed by atoms with Crippen LogP contribution in [0.25, 0.3) is 0 Å². The fourth-order valence-corrected chi connectivity index (χ4v) is 2.27. The number of nitriles is 1. The maximum atomic E-state index is 8.65. The molecule has 0 unspecified atom stereocenters. The average Bonchev–Trinajstić information content (AvgIpc) is 2.22. The lowest BCUT2D eigenvalue weighted by Gasteiger charge is -2.25. The van der Waals surface area contributed by atoms with Gasteiger partial charge in [0.1, 0.15) is 0 Å². The normalized spacial score (nSPS) is 10.8. The zero-order valence-electron chi connectivity index (χ0n) is 10.3. The van der Waals surface area contributed by atoms with Crippen LogP contribution in [0.2, 0.25) is 0 Å². The molecular formula is C13H18BrN3. The molecule has 0 saturated heterocycles. The van der Waals surface area contributed by atoms with E-state index in [9.17, 15) is 0 Å². The van der Waals surface area contributed by atoms with Crippen molar-refractivity contribution in [1.29, 1.82) is 5.26 Å².